The molecule has 1 amide bonds. The van der Waals surface area contributed by atoms with Gasteiger partial charge in [0, 0.05) is 11.8 Å². The Kier molecular flexibility index (Phi) is 5.85. The number of piperidine rings is 1. The van der Waals surface area contributed by atoms with Crippen LogP contribution in [0.3, 0.4) is 0 Å². The van der Waals surface area contributed by atoms with E-state index in [4.69, 9.17) is 9.15 Å². The molecule has 6 nitrogen and oxygen atoms in total. The smallest absolute Gasteiger partial charge is 0.262 e. The van der Waals surface area contributed by atoms with Gasteiger partial charge in [-0.15, -0.1) is 0 Å². The number of nitrogens with one attached hydrogen (secondary N) is 1. The first kappa shape index (κ1) is 17.2. The number of amides is 1. The Hall–Kier alpha value is -2.60. The summed E-state index contributed by atoms with van der Waals surface area (Å²) in [5.74, 6) is 0.335. The van der Waals surface area contributed by atoms with Crippen molar-refractivity contribution in [1.29, 1.82) is 0 Å². The number of likely N-dealkylation sites (tertiary alicyclic amines) is 1. The summed E-state index contributed by atoms with van der Waals surface area (Å²) < 4.78 is 10.8. The van der Waals surface area contributed by atoms with Gasteiger partial charge in [-0.05, 0) is 38.1 Å². The predicted molar refractivity (Wildman–Crippen MR) is 94.7 cm³/mol. The predicted octanol–water partition coefficient (Wildman–Crippen LogP) is 2.64. The minimum absolute atomic E-state index is 0.0469. The molecule has 2 aromatic rings. The zero-order valence-corrected chi connectivity index (χ0v) is 14.1. The lowest BCUT2D eigenvalue weighted by atomic mass is 10.1. The fourth-order valence-electron chi connectivity index (χ4n) is 2.83. The molecule has 6 heteroatoms. The molecule has 25 heavy (non-hydrogen) atoms. The van der Waals surface area contributed by atoms with Crippen molar-refractivity contribution in [3.05, 3.63) is 58.6 Å². The third-order valence-corrected chi connectivity index (χ3v) is 4.10. The minimum atomic E-state index is -0.331. The Labute approximate surface area is 146 Å². The largest absolute Gasteiger partial charge is 0.477 e. The summed E-state index contributed by atoms with van der Waals surface area (Å²) >= 11 is 0. The van der Waals surface area contributed by atoms with Gasteiger partial charge in [-0.25, -0.2) is 0 Å². The van der Waals surface area contributed by atoms with Gasteiger partial charge < -0.3 is 14.5 Å². The summed E-state index contributed by atoms with van der Waals surface area (Å²) in [6.45, 7) is 2.44. The molecule has 1 saturated heterocycles. The number of rotatable bonds is 6. The minimum Gasteiger partial charge on any atom is -0.477 e. The lowest BCUT2D eigenvalue weighted by molar-refractivity contribution is -0.118. The van der Waals surface area contributed by atoms with E-state index >= 15 is 0 Å². The Morgan fingerprint density at radius 1 is 1.16 bits per heavy atom. The summed E-state index contributed by atoms with van der Waals surface area (Å²) in [4.78, 5) is 26.2. The molecular weight excluding hydrogens is 320 g/mol. The third kappa shape index (κ3) is 5.19. The van der Waals surface area contributed by atoms with Crippen LogP contribution in [0.25, 0.3) is 0 Å². The summed E-state index contributed by atoms with van der Waals surface area (Å²) in [5.41, 5.74) is 0.408. The molecule has 0 aliphatic carbocycles. The maximum absolute atomic E-state index is 12.1. The average Bonchev–Trinajstić information content (AvgIpc) is 2.63. The molecule has 2 heterocycles. The first-order valence-electron chi connectivity index (χ1n) is 8.52. The Morgan fingerprint density at radius 3 is 2.64 bits per heavy atom. The van der Waals surface area contributed by atoms with Gasteiger partial charge in [-0.2, -0.15) is 0 Å². The molecule has 0 spiro atoms. The number of ether oxygens (including phenoxy) is 1. The number of hydrogen-bond acceptors (Lipinski definition) is 5. The summed E-state index contributed by atoms with van der Waals surface area (Å²) in [7, 11) is 0. The van der Waals surface area contributed by atoms with E-state index < -0.39 is 0 Å². The first-order valence-corrected chi connectivity index (χ1v) is 8.52. The van der Waals surface area contributed by atoms with E-state index in [1.54, 1.807) is 12.1 Å². The average molecular weight is 342 g/mol. The molecule has 1 N–H and O–H groups in total. The number of para-hydroxylation sites is 1. The van der Waals surface area contributed by atoms with Crippen molar-refractivity contribution in [3.63, 3.8) is 0 Å². The van der Waals surface area contributed by atoms with Crippen molar-refractivity contribution < 1.29 is 13.9 Å². The topological polar surface area (TPSA) is 71.8 Å². The van der Waals surface area contributed by atoms with E-state index in [0.717, 1.165) is 13.1 Å². The van der Waals surface area contributed by atoms with E-state index in [0.29, 0.717) is 18.0 Å². The molecule has 1 aromatic heterocycles. The molecule has 1 fully saturated rings. The molecule has 0 unspecified atom stereocenters. The molecular formula is C19H22N2O4. The molecule has 1 aliphatic rings. The molecule has 1 aliphatic heterocycles. The quantitative estimate of drug-likeness (QED) is 0.874. The highest BCUT2D eigenvalue weighted by molar-refractivity contribution is 5.91. The summed E-state index contributed by atoms with van der Waals surface area (Å²) in [6, 6.07) is 10.5. The van der Waals surface area contributed by atoms with Gasteiger partial charge in [-0.1, -0.05) is 24.6 Å². The second kappa shape index (κ2) is 8.48. The number of anilines is 1. The lowest BCUT2D eigenvalue weighted by Crippen LogP contribution is -2.29. The van der Waals surface area contributed by atoms with Crippen LogP contribution in [0.1, 0.15) is 25.0 Å². The van der Waals surface area contributed by atoms with Gasteiger partial charge in [0.05, 0.1) is 6.54 Å². The summed E-state index contributed by atoms with van der Waals surface area (Å²) in [6.07, 6.45) is 4.92. The van der Waals surface area contributed by atoms with Crippen molar-refractivity contribution >= 4 is 11.6 Å². The summed E-state index contributed by atoms with van der Waals surface area (Å²) in [5, 5.41) is 2.69. The molecule has 0 radical (unpaired) electrons. The highest BCUT2D eigenvalue weighted by Crippen LogP contribution is 2.14. The molecule has 0 saturated carbocycles. The van der Waals surface area contributed by atoms with Gasteiger partial charge in [0.2, 0.25) is 11.2 Å². The second-order valence-corrected chi connectivity index (χ2v) is 6.11. The molecule has 132 valence electrons. The van der Waals surface area contributed by atoms with Crippen LogP contribution in [-0.2, 0) is 11.3 Å². The zero-order valence-electron chi connectivity index (χ0n) is 14.1. The Balaban J connectivity index is 1.52. The second-order valence-electron chi connectivity index (χ2n) is 6.11. The van der Waals surface area contributed by atoms with Crippen LogP contribution in [0.15, 0.2) is 51.9 Å². The number of carbonyl (C=O) groups is 1. The zero-order chi connectivity index (χ0) is 17.5. The standard InChI is InChI=1S/C19H22N2O4/c22-17-11-16(12-21-9-5-2-6-10-21)24-13-18(17)25-14-19(23)20-15-7-3-1-4-8-15/h1,3-4,7-8,11,13H,2,5-6,9-10,12,14H2,(H,20,23). The van der Waals surface area contributed by atoms with E-state index in [-0.39, 0.29) is 23.7 Å². The molecule has 3 rings (SSSR count). The highest BCUT2D eigenvalue weighted by atomic mass is 16.5. The van der Waals surface area contributed by atoms with Crippen LogP contribution in [0.2, 0.25) is 0 Å². The van der Waals surface area contributed by atoms with Gasteiger partial charge in [0.15, 0.2) is 6.61 Å². The normalized spacial score (nSPS) is 14.9. The Bertz CT molecular complexity index is 752. The van der Waals surface area contributed by atoms with E-state index in [1.807, 2.05) is 18.2 Å². The number of hydrogen-bond donors (Lipinski definition) is 1. The highest BCUT2D eigenvalue weighted by Gasteiger charge is 2.13. The first-order chi connectivity index (χ1) is 12.2. The van der Waals surface area contributed by atoms with E-state index in [9.17, 15) is 9.59 Å². The van der Waals surface area contributed by atoms with Crippen LogP contribution >= 0.6 is 0 Å². The lowest BCUT2D eigenvalue weighted by Gasteiger charge is -2.25. The van der Waals surface area contributed by atoms with Crippen molar-refractivity contribution in [2.75, 3.05) is 25.0 Å². The molecule has 0 bridgehead atoms. The SMILES string of the molecule is O=C(COc1coc(CN2CCCCC2)cc1=O)Nc1ccccc1. The number of benzene rings is 1. The maximum Gasteiger partial charge on any atom is 0.262 e. The fraction of sp³-hybridized carbons (Fsp3) is 0.368. The van der Waals surface area contributed by atoms with Crippen molar-refractivity contribution in [1.82, 2.24) is 4.90 Å². The van der Waals surface area contributed by atoms with Gasteiger partial charge >= 0.3 is 0 Å². The van der Waals surface area contributed by atoms with Gasteiger partial charge in [0.1, 0.15) is 12.0 Å². The van der Waals surface area contributed by atoms with Crippen LogP contribution < -0.4 is 15.5 Å². The third-order valence-electron chi connectivity index (χ3n) is 4.10. The van der Waals surface area contributed by atoms with Crippen LogP contribution in [0.5, 0.6) is 5.75 Å². The van der Waals surface area contributed by atoms with Crippen molar-refractivity contribution in [3.8, 4) is 5.75 Å². The maximum atomic E-state index is 12.1. The van der Waals surface area contributed by atoms with Gasteiger partial charge in [-0.3, -0.25) is 14.5 Å². The van der Waals surface area contributed by atoms with E-state index in [1.165, 1.54) is 31.6 Å². The Morgan fingerprint density at radius 2 is 1.92 bits per heavy atom. The van der Waals surface area contributed by atoms with Crippen LogP contribution in [0, 0.1) is 0 Å². The number of carbonyl (C=O) groups excluding carboxylic acids is 1. The van der Waals surface area contributed by atoms with Crippen molar-refractivity contribution in [2.24, 2.45) is 0 Å². The monoisotopic (exact) mass is 342 g/mol. The molecule has 1 aromatic carbocycles. The van der Waals surface area contributed by atoms with Crippen LogP contribution in [-0.4, -0.2) is 30.5 Å². The molecule has 0 atom stereocenters. The van der Waals surface area contributed by atoms with Gasteiger partial charge in [0.25, 0.3) is 5.91 Å². The fourth-order valence-corrected chi connectivity index (χ4v) is 2.83. The number of nitrogens with zero attached hydrogens (tertiary/aromatic N) is 1. The van der Waals surface area contributed by atoms with Crippen molar-refractivity contribution in [2.45, 2.75) is 25.8 Å². The van der Waals surface area contributed by atoms with E-state index in [2.05, 4.69) is 10.2 Å². The van der Waals surface area contributed by atoms with Crippen LogP contribution in [0.4, 0.5) is 5.69 Å².